The van der Waals surface area contributed by atoms with E-state index in [4.69, 9.17) is 13.9 Å². The maximum absolute atomic E-state index is 11.7. The molecular formula is C11H7N3O5. The molecule has 0 bridgehead atoms. The van der Waals surface area contributed by atoms with Crippen LogP contribution < -0.4 is 5.32 Å². The maximum Gasteiger partial charge on any atom is 0.371 e. The lowest BCUT2D eigenvalue weighted by molar-refractivity contribution is 0.0665. The summed E-state index contributed by atoms with van der Waals surface area (Å²) in [4.78, 5) is 22.5. The molecule has 0 fully saturated rings. The van der Waals surface area contributed by atoms with Crippen molar-refractivity contribution in [3.8, 4) is 0 Å². The average molecular weight is 261 g/mol. The summed E-state index contributed by atoms with van der Waals surface area (Å²) >= 11 is 0. The van der Waals surface area contributed by atoms with Crippen molar-refractivity contribution in [1.82, 2.24) is 10.2 Å². The van der Waals surface area contributed by atoms with Crippen molar-refractivity contribution in [2.75, 3.05) is 5.32 Å². The van der Waals surface area contributed by atoms with E-state index >= 15 is 0 Å². The summed E-state index contributed by atoms with van der Waals surface area (Å²) in [5, 5.41) is 17.6. The van der Waals surface area contributed by atoms with Crippen LogP contribution in [-0.2, 0) is 0 Å². The van der Waals surface area contributed by atoms with Crippen LogP contribution in [0.4, 0.5) is 5.82 Å². The van der Waals surface area contributed by atoms with Gasteiger partial charge in [-0.1, -0.05) is 0 Å². The van der Waals surface area contributed by atoms with Gasteiger partial charge in [-0.25, -0.2) is 4.79 Å². The molecule has 3 heterocycles. The van der Waals surface area contributed by atoms with E-state index in [0.717, 1.165) is 0 Å². The number of amides is 1. The monoisotopic (exact) mass is 261 g/mol. The minimum absolute atomic E-state index is 0.101. The zero-order chi connectivity index (χ0) is 13.4. The molecule has 3 rings (SSSR count). The number of nitrogens with one attached hydrogen (secondary N) is 2. The lowest BCUT2D eigenvalue weighted by Gasteiger charge is -1.97. The highest BCUT2D eigenvalue weighted by molar-refractivity contribution is 6.05. The number of hydrogen-bond donors (Lipinski definition) is 3. The van der Waals surface area contributed by atoms with Crippen LogP contribution in [-0.4, -0.2) is 27.2 Å². The van der Waals surface area contributed by atoms with E-state index in [0.29, 0.717) is 5.52 Å². The third-order valence-electron chi connectivity index (χ3n) is 2.42. The van der Waals surface area contributed by atoms with Gasteiger partial charge < -0.3 is 13.9 Å². The minimum atomic E-state index is -1.20. The highest BCUT2D eigenvalue weighted by atomic mass is 16.4. The molecule has 0 unspecified atom stereocenters. The largest absolute Gasteiger partial charge is 0.475 e. The fraction of sp³-hybridized carbons (Fsp3) is 0. The third kappa shape index (κ3) is 1.84. The summed E-state index contributed by atoms with van der Waals surface area (Å²) in [6, 6.07) is 4.35. The summed E-state index contributed by atoms with van der Waals surface area (Å²) in [5.41, 5.74) is 0.546. The number of carboxylic acid groups (broad SMARTS) is 1. The zero-order valence-corrected chi connectivity index (χ0v) is 9.34. The second-order valence-corrected chi connectivity index (χ2v) is 3.66. The van der Waals surface area contributed by atoms with Crippen LogP contribution in [0.3, 0.4) is 0 Å². The van der Waals surface area contributed by atoms with Gasteiger partial charge in [0.15, 0.2) is 17.2 Å². The zero-order valence-electron chi connectivity index (χ0n) is 9.34. The average Bonchev–Trinajstić information content (AvgIpc) is 3.05. The first-order valence-corrected chi connectivity index (χ1v) is 5.21. The Balaban J connectivity index is 1.93. The Labute approximate surface area is 105 Å². The number of aromatic nitrogens is 2. The number of hydrogen-bond acceptors (Lipinski definition) is 5. The topological polar surface area (TPSA) is 121 Å². The molecule has 8 nitrogen and oxygen atoms in total. The van der Waals surface area contributed by atoms with Crippen molar-refractivity contribution >= 4 is 28.8 Å². The Bertz CT molecular complexity index is 753. The van der Waals surface area contributed by atoms with Gasteiger partial charge in [-0.2, -0.15) is 5.10 Å². The van der Waals surface area contributed by atoms with Crippen molar-refractivity contribution < 1.29 is 23.5 Å². The van der Waals surface area contributed by atoms with Gasteiger partial charge in [0.2, 0.25) is 5.76 Å². The number of carbonyl (C=O) groups is 2. The molecule has 0 aromatic carbocycles. The van der Waals surface area contributed by atoms with E-state index in [9.17, 15) is 9.59 Å². The second-order valence-electron chi connectivity index (χ2n) is 3.66. The van der Waals surface area contributed by atoms with Gasteiger partial charge in [-0.15, -0.1) is 0 Å². The van der Waals surface area contributed by atoms with Crippen molar-refractivity contribution in [3.63, 3.8) is 0 Å². The van der Waals surface area contributed by atoms with Crippen LogP contribution in [0.2, 0.25) is 0 Å². The van der Waals surface area contributed by atoms with Crippen molar-refractivity contribution in [2.45, 2.75) is 0 Å². The lowest BCUT2D eigenvalue weighted by atomic mass is 10.4. The van der Waals surface area contributed by atoms with Gasteiger partial charge in [0.25, 0.3) is 5.91 Å². The third-order valence-corrected chi connectivity index (χ3v) is 2.42. The summed E-state index contributed by atoms with van der Waals surface area (Å²) in [5.74, 6) is -1.73. The van der Waals surface area contributed by atoms with Gasteiger partial charge in [0.1, 0.15) is 5.52 Å². The molecule has 96 valence electrons. The van der Waals surface area contributed by atoms with Gasteiger partial charge >= 0.3 is 5.97 Å². The number of nitrogens with zero attached hydrogens (tertiary/aromatic N) is 1. The van der Waals surface area contributed by atoms with Crippen LogP contribution >= 0.6 is 0 Å². The molecule has 3 aromatic rings. The highest BCUT2D eigenvalue weighted by Gasteiger charge is 2.18. The molecule has 0 atom stereocenters. The second kappa shape index (κ2) is 4.02. The number of carboxylic acids is 1. The summed E-state index contributed by atoms with van der Waals surface area (Å²) < 4.78 is 10.0. The number of H-pyrrole nitrogens is 1. The Morgan fingerprint density at radius 1 is 1.37 bits per heavy atom. The van der Waals surface area contributed by atoms with E-state index < -0.39 is 11.9 Å². The molecule has 0 aliphatic rings. The van der Waals surface area contributed by atoms with Crippen LogP contribution in [0.25, 0.3) is 11.1 Å². The quantitative estimate of drug-likeness (QED) is 0.659. The molecule has 0 aliphatic heterocycles. The molecule has 0 saturated heterocycles. The molecule has 0 saturated carbocycles. The molecule has 1 amide bonds. The standard InChI is InChI=1S/C11H7N3O5/c15-10(6-2-1-3-18-6)12-9-8-5(13-14-9)4-7(19-8)11(16)17/h1-4H,(H,16,17)(H2,12,13,14,15). The molecule has 3 N–H and O–H groups in total. The van der Waals surface area contributed by atoms with Crippen LogP contribution in [0, 0.1) is 0 Å². The molecule has 0 radical (unpaired) electrons. The van der Waals surface area contributed by atoms with Gasteiger partial charge in [0.05, 0.1) is 6.26 Å². The Morgan fingerprint density at radius 3 is 2.89 bits per heavy atom. The molecular weight excluding hydrogens is 254 g/mol. The maximum atomic E-state index is 11.7. The number of furan rings is 2. The first-order chi connectivity index (χ1) is 9.15. The number of aromatic amines is 1. The fourth-order valence-corrected chi connectivity index (χ4v) is 1.58. The molecule has 19 heavy (non-hydrogen) atoms. The molecule has 8 heteroatoms. The predicted octanol–water partition coefficient (Wildman–Crippen LogP) is 1.70. The van der Waals surface area contributed by atoms with Gasteiger partial charge in [0, 0.05) is 6.07 Å². The first kappa shape index (κ1) is 11.1. The van der Waals surface area contributed by atoms with Crippen LogP contribution in [0.1, 0.15) is 21.1 Å². The Kier molecular flexibility index (Phi) is 2.34. The SMILES string of the molecule is O=C(O)c1cc2[nH]nc(NC(=O)c3ccco3)c2o1. The van der Waals surface area contributed by atoms with Crippen molar-refractivity contribution in [3.05, 3.63) is 36.0 Å². The number of aromatic carboxylic acids is 1. The highest BCUT2D eigenvalue weighted by Crippen LogP contribution is 2.24. The van der Waals surface area contributed by atoms with E-state index in [2.05, 4.69) is 15.5 Å². The number of fused-ring (bicyclic) bond motifs is 1. The minimum Gasteiger partial charge on any atom is -0.475 e. The number of anilines is 1. The summed E-state index contributed by atoms with van der Waals surface area (Å²) in [7, 11) is 0. The van der Waals surface area contributed by atoms with Gasteiger partial charge in [-0.3, -0.25) is 15.2 Å². The van der Waals surface area contributed by atoms with E-state index in [1.807, 2.05) is 0 Å². The van der Waals surface area contributed by atoms with Gasteiger partial charge in [-0.05, 0) is 12.1 Å². The van der Waals surface area contributed by atoms with E-state index in [1.54, 1.807) is 6.07 Å². The van der Waals surface area contributed by atoms with E-state index in [-0.39, 0.29) is 22.9 Å². The van der Waals surface area contributed by atoms with E-state index in [1.165, 1.54) is 18.4 Å². The normalized spacial score (nSPS) is 10.7. The number of rotatable bonds is 3. The lowest BCUT2D eigenvalue weighted by Crippen LogP contribution is -2.11. The van der Waals surface area contributed by atoms with Crippen molar-refractivity contribution in [2.24, 2.45) is 0 Å². The number of carbonyl (C=O) groups excluding carboxylic acids is 1. The fourth-order valence-electron chi connectivity index (χ4n) is 1.58. The molecule has 0 aliphatic carbocycles. The molecule has 3 aromatic heterocycles. The smallest absolute Gasteiger partial charge is 0.371 e. The Morgan fingerprint density at radius 2 is 2.21 bits per heavy atom. The summed E-state index contributed by atoms with van der Waals surface area (Å²) in [6.07, 6.45) is 1.37. The van der Waals surface area contributed by atoms with Crippen LogP contribution in [0.15, 0.2) is 33.3 Å². The molecule has 0 spiro atoms. The Hall–Kier alpha value is -3.03. The van der Waals surface area contributed by atoms with Crippen molar-refractivity contribution in [1.29, 1.82) is 0 Å². The van der Waals surface area contributed by atoms with Crippen LogP contribution in [0.5, 0.6) is 0 Å². The predicted molar refractivity (Wildman–Crippen MR) is 62.0 cm³/mol. The first-order valence-electron chi connectivity index (χ1n) is 5.21. The summed E-state index contributed by atoms with van der Waals surface area (Å²) in [6.45, 7) is 0.